The van der Waals surface area contributed by atoms with Gasteiger partial charge in [0.05, 0.1) is 4.92 Å². The average molecular weight is 309 g/mol. The molecule has 0 saturated carbocycles. The van der Waals surface area contributed by atoms with Crippen LogP contribution in [0.1, 0.15) is 24.1 Å². The van der Waals surface area contributed by atoms with Crippen LogP contribution >= 0.6 is 11.6 Å². The van der Waals surface area contributed by atoms with Crippen LogP contribution in [0.3, 0.4) is 0 Å². The molecule has 21 heavy (non-hydrogen) atoms. The minimum absolute atomic E-state index is 0.0264. The summed E-state index contributed by atoms with van der Waals surface area (Å²) in [6.45, 7) is 2.17. The van der Waals surface area contributed by atoms with E-state index in [1.165, 1.54) is 18.2 Å². The number of benzene rings is 2. The van der Waals surface area contributed by atoms with Crippen LogP contribution in [-0.4, -0.2) is 4.92 Å². The zero-order valence-corrected chi connectivity index (χ0v) is 12.1. The smallest absolute Gasteiger partial charge is 0.275 e. The van der Waals surface area contributed by atoms with E-state index in [0.717, 1.165) is 5.56 Å². The Morgan fingerprint density at radius 3 is 2.76 bits per heavy atom. The summed E-state index contributed by atoms with van der Waals surface area (Å²) in [5.41, 5.74) is 1.29. The van der Waals surface area contributed by atoms with Crippen LogP contribution in [0.4, 0.5) is 10.1 Å². The Balaban J connectivity index is 2.11. The lowest BCUT2D eigenvalue weighted by atomic mass is 10.1. The van der Waals surface area contributed by atoms with E-state index in [-0.39, 0.29) is 17.5 Å². The zero-order valence-electron chi connectivity index (χ0n) is 11.3. The first kappa shape index (κ1) is 15.4. The predicted molar refractivity (Wildman–Crippen MR) is 79.8 cm³/mol. The Bertz CT molecular complexity index is 664. The Kier molecular flexibility index (Phi) is 4.88. The van der Waals surface area contributed by atoms with Gasteiger partial charge in [-0.15, -0.1) is 0 Å². The van der Waals surface area contributed by atoms with Crippen molar-refractivity contribution in [3.05, 3.63) is 74.5 Å². The molecule has 2 aromatic rings. The van der Waals surface area contributed by atoms with Gasteiger partial charge >= 0.3 is 0 Å². The third kappa shape index (κ3) is 4.00. The van der Waals surface area contributed by atoms with Crippen molar-refractivity contribution in [1.82, 2.24) is 5.32 Å². The molecule has 0 unspecified atom stereocenters. The van der Waals surface area contributed by atoms with E-state index in [2.05, 4.69) is 5.32 Å². The fourth-order valence-electron chi connectivity index (χ4n) is 2.01. The molecule has 0 amide bonds. The Morgan fingerprint density at radius 2 is 2.10 bits per heavy atom. The number of nitrogens with one attached hydrogen (secondary N) is 1. The van der Waals surface area contributed by atoms with Gasteiger partial charge in [0.1, 0.15) is 5.82 Å². The van der Waals surface area contributed by atoms with Gasteiger partial charge in [-0.05, 0) is 36.8 Å². The van der Waals surface area contributed by atoms with Crippen molar-refractivity contribution in [2.45, 2.75) is 19.5 Å². The highest BCUT2D eigenvalue weighted by molar-refractivity contribution is 6.30. The largest absolute Gasteiger partial charge is 0.306 e. The molecule has 0 radical (unpaired) electrons. The normalized spacial score (nSPS) is 12.1. The summed E-state index contributed by atoms with van der Waals surface area (Å²) in [6.07, 6.45) is 0. The first-order chi connectivity index (χ1) is 9.97. The molecular weight excluding hydrogens is 295 g/mol. The highest BCUT2D eigenvalue weighted by atomic mass is 35.5. The first-order valence-electron chi connectivity index (χ1n) is 6.39. The fourth-order valence-corrected chi connectivity index (χ4v) is 2.18. The Hall–Kier alpha value is -1.98. The third-order valence-corrected chi connectivity index (χ3v) is 3.43. The van der Waals surface area contributed by atoms with Gasteiger partial charge in [-0.1, -0.05) is 23.7 Å². The monoisotopic (exact) mass is 308 g/mol. The van der Waals surface area contributed by atoms with E-state index < -0.39 is 4.92 Å². The zero-order chi connectivity index (χ0) is 15.4. The molecule has 0 bridgehead atoms. The standard InChI is InChI=1S/C15H14ClFN2O2/c1-10(11-3-2-4-14(17)7-11)18-9-12-5-6-13(16)8-15(12)19(20)21/h2-8,10,18H,9H2,1H3/t10-/m1/s1. The van der Waals surface area contributed by atoms with E-state index in [1.807, 2.05) is 6.92 Å². The lowest BCUT2D eigenvalue weighted by Crippen LogP contribution is -2.18. The quantitative estimate of drug-likeness (QED) is 0.664. The van der Waals surface area contributed by atoms with Gasteiger partial charge in [-0.2, -0.15) is 0 Å². The maximum atomic E-state index is 13.2. The van der Waals surface area contributed by atoms with Crippen molar-refractivity contribution in [3.8, 4) is 0 Å². The van der Waals surface area contributed by atoms with Crippen LogP contribution in [0.15, 0.2) is 42.5 Å². The topological polar surface area (TPSA) is 55.2 Å². The van der Waals surface area contributed by atoms with Gasteiger partial charge in [0.25, 0.3) is 5.69 Å². The van der Waals surface area contributed by atoms with Crippen molar-refractivity contribution in [2.75, 3.05) is 0 Å². The number of hydrogen-bond donors (Lipinski definition) is 1. The highest BCUT2D eigenvalue weighted by Crippen LogP contribution is 2.24. The summed E-state index contributed by atoms with van der Waals surface area (Å²) in [4.78, 5) is 10.5. The van der Waals surface area contributed by atoms with Crippen LogP contribution in [0.5, 0.6) is 0 Å². The lowest BCUT2D eigenvalue weighted by molar-refractivity contribution is -0.385. The molecule has 0 heterocycles. The minimum atomic E-state index is -0.463. The molecule has 0 spiro atoms. The van der Waals surface area contributed by atoms with E-state index in [9.17, 15) is 14.5 Å². The molecule has 1 atom stereocenters. The molecule has 0 aliphatic carbocycles. The third-order valence-electron chi connectivity index (χ3n) is 3.19. The van der Waals surface area contributed by atoms with Gasteiger partial charge in [0.2, 0.25) is 0 Å². The number of nitrogens with zero attached hydrogens (tertiary/aromatic N) is 1. The summed E-state index contributed by atoms with van der Waals surface area (Å²) in [5.74, 6) is -0.307. The van der Waals surface area contributed by atoms with Gasteiger partial charge in [0, 0.05) is 29.2 Å². The highest BCUT2D eigenvalue weighted by Gasteiger charge is 2.15. The number of hydrogen-bond acceptors (Lipinski definition) is 3. The molecule has 0 aromatic heterocycles. The van der Waals surface area contributed by atoms with Crippen LogP contribution < -0.4 is 5.32 Å². The van der Waals surface area contributed by atoms with E-state index in [0.29, 0.717) is 17.1 Å². The molecule has 0 aliphatic heterocycles. The molecule has 2 aromatic carbocycles. The number of halogens is 2. The summed E-state index contributed by atoms with van der Waals surface area (Å²) < 4.78 is 13.2. The molecule has 0 aliphatic rings. The number of rotatable bonds is 5. The summed E-state index contributed by atoms with van der Waals surface area (Å²) >= 11 is 5.77. The lowest BCUT2D eigenvalue weighted by Gasteiger charge is -2.14. The molecular formula is C15H14ClFN2O2. The van der Waals surface area contributed by atoms with Gasteiger partial charge in [0.15, 0.2) is 0 Å². The van der Waals surface area contributed by atoms with Crippen molar-refractivity contribution in [1.29, 1.82) is 0 Å². The Labute approximate surface area is 126 Å². The molecule has 0 saturated heterocycles. The summed E-state index contributed by atoms with van der Waals surface area (Å²) in [5, 5.41) is 14.5. The summed E-state index contributed by atoms with van der Waals surface area (Å²) in [7, 11) is 0. The minimum Gasteiger partial charge on any atom is -0.306 e. The van der Waals surface area contributed by atoms with Crippen LogP contribution in [0, 0.1) is 15.9 Å². The van der Waals surface area contributed by atoms with Crippen molar-refractivity contribution in [2.24, 2.45) is 0 Å². The molecule has 1 N–H and O–H groups in total. The predicted octanol–water partition coefficient (Wildman–Crippen LogP) is 4.24. The van der Waals surface area contributed by atoms with E-state index in [1.54, 1.807) is 24.3 Å². The summed E-state index contributed by atoms with van der Waals surface area (Å²) in [6, 6.07) is 10.7. The SMILES string of the molecule is C[C@@H](NCc1ccc(Cl)cc1[N+](=O)[O-])c1cccc(F)c1. The first-order valence-corrected chi connectivity index (χ1v) is 6.77. The molecule has 0 fully saturated rings. The van der Waals surface area contributed by atoms with Gasteiger partial charge in [-0.25, -0.2) is 4.39 Å². The van der Waals surface area contributed by atoms with Crippen LogP contribution in [0.25, 0.3) is 0 Å². The van der Waals surface area contributed by atoms with Crippen molar-refractivity contribution < 1.29 is 9.31 Å². The average Bonchev–Trinajstić information content (AvgIpc) is 2.45. The number of nitro groups is 1. The van der Waals surface area contributed by atoms with Crippen LogP contribution in [0.2, 0.25) is 5.02 Å². The maximum absolute atomic E-state index is 13.2. The Morgan fingerprint density at radius 1 is 1.33 bits per heavy atom. The molecule has 2 rings (SSSR count). The second-order valence-corrected chi connectivity index (χ2v) is 5.12. The van der Waals surface area contributed by atoms with E-state index in [4.69, 9.17) is 11.6 Å². The van der Waals surface area contributed by atoms with Gasteiger partial charge in [-0.3, -0.25) is 10.1 Å². The van der Waals surface area contributed by atoms with Crippen molar-refractivity contribution >= 4 is 17.3 Å². The molecule has 110 valence electrons. The van der Waals surface area contributed by atoms with Gasteiger partial charge < -0.3 is 5.32 Å². The van der Waals surface area contributed by atoms with E-state index >= 15 is 0 Å². The second-order valence-electron chi connectivity index (χ2n) is 4.69. The molecule has 4 nitrogen and oxygen atoms in total. The van der Waals surface area contributed by atoms with Crippen LogP contribution in [-0.2, 0) is 6.54 Å². The number of nitro benzene ring substituents is 1. The van der Waals surface area contributed by atoms with Crippen molar-refractivity contribution in [3.63, 3.8) is 0 Å². The second kappa shape index (κ2) is 6.65. The molecule has 6 heteroatoms. The fraction of sp³-hybridized carbons (Fsp3) is 0.200. The maximum Gasteiger partial charge on any atom is 0.275 e.